The number of hydrazone groups is 1. The lowest BCUT2D eigenvalue weighted by molar-refractivity contribution is -0.384. The Labute approximate surface area is 194 Å². The minimum Gasteiger partial charge on any atom is -0.497 e. The fourth-order valence-corrected chi connectivity index (χ4v) is 3.78. The smallest absolute Gasteiger partial charge is 0.291 e. The highest BCUT2D eigenvalue weighted by molar-refractivity contribution is 6.09. The van der Waals surface area contributed by atoms with Crippen molar-refractivity contribution in [3.05, 3.63) is 86.9 Å². The number of fused-ring (bicyclic) bond motifs is 1. The monoisotopic (exact) mass is 462 g/mol. The van der Waals surface area contributed by atoms with Gasteiger partial charge in [-0.2, -0.15) is 5.10 Å². The summed E-state index contributed by atoms with van der Waals surface area (Å²) in [5.41, 5.74) is 5.22. The maximum Gasteiger partial charge on any atom is 0.291 e. The van der Waals surface area contributed by atoms with Gasteiger partial charge in [-0.3, -0.25) is 19.7 Å². The number of nitrogens with one attached hydrogen (secondary N) is 2. The summed E-state index contributed by atoms with van der Waals surface area (Å²) in [4.78, 5) is 35.5. The Kier molecular flexibility index (Phi) is 6.39. The number of furan rings is 1. The van der Waals surface area contributed by atoms with Gasteiger partial charge in [-0.25, -0.2) is 5.43 Å². The van der Waals surface area contributed by atoms with Gasteiger partial charge in [-0.05, 0) is 56.2 Å². The summed E-state index contributed by atoms with van der Waals surface area (Å²) in [6, 6.07) is 12.2. The van der Waals surface area contributed by atoms with Crippen LogP contribution in [0.1, 0.15) is 50.6 Å². The van der Waals surface area contributed by atoms with Crippen LogP contribution in [0.4, 0.5) is 11.4 Å². The molecule has 0 radical (unpaired) electrons. The molecule has 0 saturated carbocycles. The molecule has 174 valence electrons. The molecule has 0 unspecified atom stereocenters. The summed E-state index contributed by atoms with van der Waals surface area (Å²) in [6.45, 7) is 1.78. The van der Waals surface area contributed by atoms with Crippen LogP contribution in [0.5, 0.6) is 5.75 Å². The first-order valence-corrected chi connectivity index (χ1v) is 10.6. The first kappa shape index (κ1) is 22.7. The highest BCUT2D eigenvalue weighted by Crippen LogP contribution is 2.30. The molecule has 10 nitrogen and oxygen atoms in total. The fraction of sp³-hybridized carbons (Fsp3) is 0.208. The zero-order valence-corrected chi connectivity index (χ0v) is 18.6. The molecule has 2 amide bonds. The van der Waals surface area contributed by atoms with Gasteiger partial charge in [0.1, 0.15) is 11.5 Å². The molecular weight excluding hydrogens is 440 g/mol. The van der Waals surface area contributed by atoms with Crippen molar-refractivity contribution in [2.24, 2.45) is 5.10 Å². The number of anilines is 1. The molecule has 0 bridgehead atoms. The number of carbonyl (C=O) groups is 2. The number of methoxy groups -OCH3 is 1. The summed E-state index contributed by atoms with van der Waals surface area (Å²) >= 11 is 0. The molecule has 10 heteroatoms. The Morgan fingerprint density at radius 3 is 2.41 bits per heavy atom. The number of carbonyl (C=O) groups excluding carboxylic acids is 2. The van der Waals surface area contributed by atoms with Gasteiger partial charge in [0.25, 0.3) is 17.5 Å². The number of nitro groups is 1. The number of hydrogen-bond donors (Lipinski definition) is 2. The quantitative estimate of drug-likeness (QED) is 0.416. The average Bonchev–Trinajstić information content (AvgIpc) is 3.20. The second-order valence-electron chi connectivity index (χ2n) is 7.69. The summed E-state index contributed by atoms with van der Waals surface area (Å²) < 4.78 is 11.0. The molecule has 1 aromatic heterocycles. The van der Waals surface area contributed by atoms with Crippen molar-refractivity contribution in [2.75, 3.05) is 12.4 Å². The number of amides is 2. The minimum atomic E-state index is -0.532. The summed E-state index contributed by atoms with van der Waals surface area (Å²) in [5.74, 6) is 0.642. The number of nitro benzene ring substituents is 1. The average molecular weight is 462 g/mol. The largest absolute Gasteiger partial charge is 0.497 e. The van der Waals surface area contributed by atoms with E-state index in [0.717, 1.165) is 12.0 Å². The highest BCUT2D eigenvalue weighted by Gasteiger charge is 2.28. The van der Waals surface area contributed by atoms with Gasteiger partial charge >= 0.3 is 0 Å². The number of hydrogen-bond acceptors (Lipinski definition) is 7. The van der Waals surface area contributed by atoms with E-state index in [1.807, 2.05) is 0 Å². The van der Waals surface area contributed by atoms with Gasteiger partial charge < -0.3 is 14.5 Å². The van der Waals surface area contributed by atoms with Gasteiger partial charge in [0.2, 0.25) is 0 Å². The number of aryl methyl sites for hydroxylation is 1. The first-order chi connectivity index (χ1) is 16.4. The van der Waals surface area contributed by atoms with Crippen molar-refractivity contribution in [2.45, 2.75) is 26.2 Å². The molecule has 2 N–H and O–H groups in total. The molecule has 0 spiro atoms. The molecule has 34 heavy (non-hydrogen) atoms. The third-order valence-electron chi connectivity index (χ3n) is 5.51. The predicted molar refractivity (Wildman–Crippen MR) is 124 cm³/mol. The number of benzene rings is 2. The standard InChI is InChI=1S/C24H22N4O6/c1-14-21-19(26-27-23(29)15-6-10-17(11-7-15)28(31)32)4-3-5-20(21)34-22(14)24(30)25-16-8-12-18(33-2)13-9-16/h6-13H,3-5H2,1-2H3,(H,25,30)(H,27,29)/b26-19+. The SMILES string of the molecule is COc1ccc(NC(=O)c2oc3c(c2C)/C(=N/NC(=O)c2ccc([N+](=O)[O-])cc2)CCC3)cc1. The molecule has 1 aliphatic carbocycles. The lowest BCUT2D eigenvalue weighted by atomic mass is 9.93. The van der Waals surface area contributed by atoms with E-state index in [1.165, 1.54) is 24.3 Å². The second-order valence-corrected chi connectivity index (χ2v) is 7.69. The van der Waals surface area contributed by atoms with Crippen LogP contribution < -0.4 is 15.5 Å². The van der Waals surface area contributed by atoms with Crippen LogP contribution in [0.25, 0.3) is 0 Å². The zero-order chi connectivity index (χ0) is 24.2. The number of rotatable bonds is 6. The summed E-state index contributed by atoms with van der Waals surface area (Å²) in [5, 5.41) is 17.9. The molecular formula is C24H22N4O6. The molecule has 3 aromatic rings. The normalized spacial score (nSPS) is 13.8. The van der Waals surface area contributed by atoms with Crippen molar-refractivity contribution in [3.8, 4) is 5.75 Å². The van der Waals surface area contributed by atoms with E-state index >= 15 is 0 Å². The van der Waals surface area contributed by atoms with E-state index in [1.54, 1.807) is 38.3 Å². The topological polar surface area (TPSA) is 136 Å². The lowest BCUT2D eigenvalue weighted by Crippen LogP contribution is -2.22. The Morgan fingerprint density at radius 1 is 1.06 bits per heavy atom. The van der Waals surface area contributed by atoms with Crippen LogP contribution in [0.3, 0.4) is 0 Å². The molecule has 0 atom stereocenters. The van der Waals surface area contributed by atoms with Crippen molar-refractivity contribution < 1.29 is 23.7 Å². The Bertz CT molecular complexity index is 1280. The molecule has 0 aliphatic heterocycles. The predicted octanol–water partition coefficient (Wildman–Crippen LogP) is 4.23. The summed E-state index contributed by atoms with van der Waals surface area (Å²) in [6.07, 6.45) is 2.01. The maximum absolute atomic E-state index is 12.8. The lowest BCUT2D eigenvalue weighted by Gasteiger charge is -2.13. The number of ether oxygens (including phenoxy) is 1. The van der Waals surface area contributed by atoms with Gasteiger partial charge in [0, 0.05) is 40.9 Å². The van der Waals surface area contributed by atoms with Gasteiger partial charge in [0.05, 0.1) is 17.7 Å². The summed E-state index contributed by atoms with van der Waals surface area (Å²) in [7, 11) is 1.57. The molecule has 0 fully saturated rings. The Hall–Kier alpha value is -4.47. The Balaban J connectivity index is 1.52. The van der Waals surface area contributed by atoms with Crippen molar-refractivity contribution >= 4 is 28.9 Å². The molecule has 2 aromatic carbocycles. The van der Waals surface area contributed by atoms with E-state index < -0.39 is 10.8 Å². The van der Waals surface area contributed by atoms with Crippen molar-refractivity contribution in [1.29, 1.82) is 0 Å². The third-order valence-corrected chi connectivity index (χ3v) is 5.51. The van der Waals surface area contributed by atoms with Crippen molar-refractivity contribution in [3.63, 3.8) is 0 Å². The highest BCUT2D eigenvalue weighted by atomic mass is 16.6. The Morgan fingerprint density at radius 2 is 1.76 bits per heavy atom. The van der Waals surface area contributed by atoms with E-state index in [4.69, 9.17) is 9.15 Å². The molecule has 0 saturated heterocycles. The fourth-order valence-electron chi connectivity index (χ4n) is 3.78. The van der Waals surface area contributed by atoms with Crippen LogP contribution in [-0.2, 0) is 6.42 Å². The van der Waals surface area contributed by atoms with Gasteiger partial charge in [-0.15, -0.1) is 0 Å². The first-order valence-electron chi connectivity index (χ1n) is 10.6. The second kappa shape index (κ2) is 9.57. The molecule has 1 aliphatic rings. The van der Waals surface area contributed by atoms with Crippen LogP contribution in [-0.4, -0.2) is 29.6 Å². The number of non-ortho nitro benzene ring substituents is 1. The zero-order valence-electron chi connectivity index (χ0n) is 18.6. The van der Waals surface area contributed by atoms with Crippen LogP contribution in [0.2, 0.25) is 0 Å². The molecule has 4 rings (SSSR count). The van der Waals surface area contributed by atoms with Gasteiger partial charge in [-0.1, -0.05) is 0 Å². The van der Waals surface area contributed by atoms with Gasteiger partial charge in [0.15, 0.2) is 5.76 Å². The van der Waals surface area contributed by atoms with Crippen LogP contribution in [0.15, 0.2) is 58.0 Å². The minimum absolute atomic E-state index is 0.103. The van der Waals surface area contributed by atoms with E-state index in [0.29, 0.717) is 41.3 Å². The maximum atomic E-state index is 12.8. The van der Waals surface area contributed by atoms with E-state index in [2.05, 4.69) is 15.8 Å². The number of nitrogens with zero attached hydrogens (tertiary/aromatic N) is 2. The van der Waals surface area contributed by atoms with Crippen molar-refractivity contribution in [1.82, 2.24) is 5.43 Å². The van der Waals surface area contributed by atoms with Crippen LogP contribution >= 0.6 is 0 Å². The molecule has 1 heterocycles. The third kappa shape index (κ3) is 4.65. The van der Waals surface area contributed by atoms with E-state index in [9.17, 15) is 19.7 Å². The van der Waals surface area contributed by atoms with Crippen LogP contribution in [0, 0.1) is 17.0 Å². The van der Waals surface area contributed by atoms with E-state index in [-0.39, 0.29) is 22.9 Å².